The highest BCUT2D eigenvalue weighted by molar-refractivity contribution is 5.21. The summed E-state index contributed by atoms with van der Waals surface area (Å²) in [6.45, 7) is 0. The standard InChI is InChI=1S/C32H48/c1-2-4-6-8-10-12-14-16-18-20-22-24-26-28-30-32-31-29-27-25-23-21-19-17-15-13-11-9-7-5-3-1/h1-16H,17-32H2. The molecule has 1 aliphatic rings. The molecule has 0 aromatic rings. The molecule has 0 radical (unpaired) electrons. The maximum atomic E-state index is 2.29. The summed E-state index contributed by atoms with van der Waals surface area (Å²) in [5.41, 5.74) is 0. The minimum atomic E-state index is 1.21. The van der Waals surface area contributed by atoms with E-state index in [0.29, 0.717) is 0 Å². The Morgan fingerprint density at radius 3 is 0.625 bits per heavy atom. The molecule has 0 fully saturated rings. The zero-order valence-corrected chi connectivity index (χ0v) is 20.6. The quantitative estimate of drug-likeness (QED) is 0.357. The number of rotatable bonds is 0. The molecule has 0 aliphatic heterocycles. The Morgan fingerprint density at radius 2 is 0.375 bits per heavy atom. The molecule has 32 heavy (non-hydrogen) atoms. The van der Waals surface area contributed by atoms with E-state index in [4.69, 9.17) is 0 Å². The normalized spacial score (nSPS) is 20.0. The average molecular weight is 433 g/mol. The van der Waals surface area contributed by atoms with Crippen LogP contribution in [-0.2, 0) is 0 Å². The van der Waals surface area contributed by atoms with Crippen LogP contribution in [0.3, 0.4) is 0 Å². The third-order valence-corrected chi connectivity index (χ3v) is 5.71. The van der Waals surface area contributed by atoms with Gasteiger partial charge in [-0.05, 0) is 25.7 Å². The molecule has 0 aromatic carbocycles. The molecule has 0 unspecified atom stereocenters. The Bertz CT molecular complexity index is 562. The van der Waals surface area contributed by atoms with Crippen LogP contribution in [0.2, 0.25) is 0 Å². The summed E-state index contributed by atoms with van der Waals surface area (Å²) in [5, 5.41) is 0. The molecule has 1 aliphatic carbocycles. The van der Waals surface area contributed by atoms with Crippen LogP contribution in [0.25, 0.3) is 0 Å². The molecule has 1 rings (SSSR count). The van der Waals surface area contributed by atoms with Crippen LogP contribution in [0.1, 0.15) is 103 Å². The Morgan fingerprint density at radius 1 is 0.188 bits per heavy atom. The second-order valence-corrected chi connectivity index (χ2v) is 8.69. The van der Waals surface area contributed by atoms with Gasteiger partial charge in [0.25, 0.3) is 0 Å². The summed E-state index contributed by atoms with van der Waals surface area (Å²) < 4.78 is 0. The lowest BCUT2D eigenvalue weighted by molar-refractivity contribution is 0.534. The Labute approximate surface area is 200 Å². The number of hydrogen-bond donors (Lipinski definition) is 0. The van der Waals surface area contributed by atoms with Crippen LogP contribution >= 0.6 is 0 Å². The fraction of sp³-hybridized carbons (Fsp3) is 0.500. The maximum absolute atomic E-state index is 2.29. The van der Waals surface area contributed by atoms with Crippen LogP contribution < -0.4 is 0 Å². The summed E-state index contributed by atoms with van der Waals surface area (Å²) in [7, 11) is 0. The van der Waals surface area contributed by atoms with Crippen molar-refractivity contribution in [1.82, 2.24) is 0 Å². The average Bonchev–Trinajstić information content (AvgIpc) is 2.80. The smallest absolute Gasteiger partial charge is 0.0348 e. The van der Waals surface area contributed by atoms with Crippen molar-refractivity contribution in [1.29, 1.82) is 0 Å². The Kier molecular flexibility index (Phi) is 22.0. The van der Waals surface area contributed by atoms with Gasteiger partial charge >= 0.3 is 0 Å². The number of hydrogen-bond acceptors (Lipinski definition) is 0. The first-order chi connectivity index (χ1) is 16.0. The highest BCUT2D eigenvalue weighted by atomic mass is 14.0. The van der Waals surface area contributed by atoms with Gasteiger partial charge in [-0.1, -0.05) is 174 Å². The van der Waals surface area contributed by atoms with Crippen molar-refractivity contribution < 1.29 is 0 Å². The second kappa shape index (κ2) is 25.2. The molecule has 0 N–H and O–H groups in total. The van der Waals surface area contributed by atoms with Crippen molar-refractivity contribution in [3.63, 3.8) is 0 Å². The van der Waals surface area contributed by atoms with Crippen molar-refractivity contribution in [2.24, 2.45) is 0 Å². The summed E-state index contributed by atoms with van der Waals surface area (Å²) in [6.07, 6.45) is 56.0. The molecular formula is C32H48. The molecule has 0 atom stereocenters. The molecule has 0 nitrogen and oxygen atoms in total. The minimum Gasteiger partial charge on any atom is -0.0845 e. The molecule has 0 spiro atoms. The van der Waals surface area contributed by atoms with Crippen molar-refractivity contribution in [3.05, 3.63) is 97.2 Å². The predicted octanol–water partition coefficient (Wildman–Crippen LogP) is 10.7. The van der Waals surface area contributed by atoms with Gasteiger partial charge in [0.15, 0.2) is 0 Å². The molecule has 0 heterocycles. The van der Waals surface area contributed by atoms with E-state index in [1.807, 2.05) is 0 Å². The van der Waals surface area contributed by atoms with E-state index in [1.54, 1.807) is 0 Å². The number of allylic oxidation sites excluding steroid dienone is 16. The van der Waals surface area contributed by atoms with Gasteiger partial charge in [-0.2, -0.15) is 0 Å². The van der Waals surface area contributed by atoms with Gasteiger partial charge in [0.1, 0.15) is 0 Å². The van der Waals surface area contributed by atoms with Gasteiger partial charge in [0, 0.05) is 0 Å². The molecule has 0 saturated heterocycles. The molecular weight excluding hydrogens is 384 g/mol. The van der Waals surface area contributed by atoms with Gasteiger partial charge < -0.3 is 0 Å². The molecule has 0 heteroatoms. The minimum absolute atomic E-state index is 1.21. The third-order valence-electron chi connectivity index (χ3n) is 5.71. The Balaban J connectivity index is 2.31. The van der Waals surface area contributed by atoms with E-state index >= 15 is 0 Å². The van der Waals surface area contributed by atoms with Gasteiger partial charge in [-0.3, -0.25) is 0 Å². The summed E-state index contributed by atoms with van der Waals surface area (Å²) >= 11 is 0. The zero-order chi connectivity index (χ0) is 22.6. The van der Waals surface area contributed by atoms with Crippen molar-refractivity contribution in [3.8, 4) is 0 Å². The summed E-state index contributed by atoms with van der Waals surface area (Å²) in [4.78, 5) is 0. The second-order valence-electron chi connectivity index (χ2n) is 8.69. The first kappa shape index (κ1) is 28.0. The van der Waals surface area contributed by atoms with Crippen molar-refractivity contribution >= 4 is 0 Å². The van der Waals surface area contributed by atoms with E-state index in [-0.39, 0.29) is 0 Å². The predicted molar refractivity (Wildman–Crippen MR) is 147 cm³/mol. The van der Waals surface area contributed by atoms with Crippen LogP contribution in [0.15, 0.2) is 97.2 Å². The first-order valence-corrected chi connectivity index (χ1v) is 13.3. The monoisotopic (exact) mass is 432 g/mol. The highest BCUT2D eigenvalue weighted by Crippen LogP contribution is 2.14. The van der Waals surface area contributed by atoms with E-state index < -0.39 is 0 Å². The van der Waals surface area contributed by atoms with E-state index in [0.717, 1.165) is 0 Å². The highest BCUT2D eigenvalue weighted by Gasteiger charge is 1.94. The van der Waals surface area contributed by atoms with E-state index in [2.05, 4.69) is 97.2 Å². The van der Waals surface area contributed by atoms with Crippen LogP contribution in [0.5, 0.6) is 0 Å². The van der Waals surface area contributed by atoms with E-state index in [1.165, 1.54) is 103 Å². The lowest BCUT2D eigenvalue weighted by atomic mass is 10.0. The topological polar surface area (TPSA) is 0 Å². The van der Waals surface area contributed by atoms with Gasteiger partial charge in [-0.15, -0.1) is 0 Å². The van der Waals surface area contributed by atoms with Gasteiger partial charge in [0.05, 0.1) is 0 Å². The van der Waals surface area contributed by atoms with Crippen molar-refractivity contribution in [2.45, 2.75) is 103 Å². The fourth-order valence-electron chi connectivity index (χ4n) is 3.77. The largest absolute Gasteiger partial charge is 0.0845 e. The molecule has 0 aromatic heterocycles. The molecule has 176 valence electrons. The zero-order valence-electron chi connectivity index (χ0n) is 20.6. The van der Waals surface area contributed by atoms with Gasteiger partial charge in [-0.25, -0.2) is 0 Å². The molecule has 0 amide bonds. The summed E-state index contributed by atoms with van der Waals surface area (Å²) in [5.74, 6) is 0. The summed E-state index contributed by atoms with van der Waals surface area (Å²) in [6, 6.07) is 0. The van der Waals surface area contributed by atoms with Crippen LogP contribution in [0.4, 0.5) is 0 Å². The maximum Gasteiger partial charge on any atom is -0.0348 e. The molecule has 0 bridgehead atoms. The SMILES string of the molecule is C1=CC=CC=CC=CCCCCCCCCCCCCCCCCC=CC=CC=CC=C1. The lowest BCUT2D eigenvalue weighted by Crippen LogP contribution is -1.83. The van der Waals surface area contributed by atoms with Crippen LogP contribution in [-0.4, -0.2) is 0 Å². The van der Waals surface area contributed by atoms with Gasteiger partial charge in [0.2, 0.25) is 0 Å². The van der Waals surface area contributed by atoms with E-state index in [9.17, 15) is 0 Å². The third kappa shape index (κ3) is 22.6. The Hall–Kier alpha value is -2.08. The fourth-order valence-corrected chi connectivity index (χ4v) is 3.77. The van der Waals surface area contributed by atoms with Crippen molar-refractivity contribution in [2.75, 3.05) is 0 Å². The van der Waals surface area contributed by atoms with Crippen LogP contribution in [0, 0.1) is 0 Å². The first-order valence-electron chi connectivity index (χ1n) is 13.3. The lowest BCUT2D eigenvalue weighted by Gasteiger charge is -2.03. The molecule has 0 saturated carbocycles.